The predicted molar refractivity (Wildman–Crippen MR) is 71.4 cm³/mol. The van der Waals surface area contributed by atoms with E-state index in [0.29, 0.717) is 6.61 Å². The van der Waals surface area contributed by atoms with E-state index in [2.05, 4.69) is 5.32 Å². The van der Waals surface area contributed by atoms with Gasteiger partial charge in [0, 0.05) is 17.6 Å². The average molecular weight is 254 g/mol. The summed E-state index contributed by atoms with van der Waals surface area (Å²) in [7, 11) is 0. The van der Waals surface area contributed by atoms with Crippen LogP contribution < -0.4 is 5.32 Å². The monoisotopic (exact) mass is 253 g/mol. The van der Waals surface area contributed by atoms with Gasteiger partial charge in [-0.2, -0.15) is 0 Å². The summed E-state index contributed by atoms with van der Waals surface area (Å²) < 4.78 is 5.61. The Bertz CT molecular complexity index is 319. The molecule has 1 saturated carbocycles. The molecule has 0 unspecified atom stereocenters. The van der Waals surface area contributed by atoms with Crippen LogP contribution in [0, 0.1) is 0 Å². The summed E-state index contributed by atoms with van der Waals surface area (Å²) in [6, 6.07) is 8.54. The molecule has 0 amide bonds. The first-order chi connectivity index (χ1) is 8.34. The third-order valence-electron chi connectivity index (χ3n) is 3.22. The highest BCUT2D eigenvalue weighted by Gasteiger charge is 2.13. The van der Waals surface area contributed by atoms with Gasteiger partial charge >= 0.3 is 0 Å². The molecule has 0 radical (unpaired) electrons. The van der Waals surface area contributed by atoms with Crippen LogP contribution in [0.1, 0.15) is 31.2 Å². The van der Waals surface area contributed by atoms with E-state index in [4.69, 9.17) is 16.3 Å². The number of benzene rings is 1. The van der Waals surface area contributed by atoms with Crippen LogP contribution in [-0.2, 0) is 11.3 Å². The van der Waals surface area contributed by atoms with E-state index in [9.17, 15) is 0 Å². The van der Waals surface area contributed by atoms with Crippen molar-refractivity contribution in [2.45, 2.75) is 38.3 Å². The maximum Gasteiger partial charge on any atom is 0.0717 e. The van der Waals surface area contributed by atoms with E-state index < -0.39 is 0 Å². The highest BCUT2D eigenvalue weighted by atomic mass is 35.5. The fourth-order valence-electron chi connectivity index (χ4n) is 2.24. The summed E-state index contributed by atoms with van der Waals surface area (Å²) >= 11 is 5.82. The molecular formula is C14H20ClNO. The zero-order valence-corrected chi connectivity index (χ0v) is 10.9. The van der Waals surface area contributed by atoms with Crippen LogP contribution in [0.3, 0.4) is 0 Å². The minimum Gasteiger partial charge on any atom is -0.375 e. The van der Waals surface area contributed by atoms with Gasteiger partial charge in [0.25, 0.3) is 0 Å². The van der Waals surface area contributed by atoms with E-state index in [1.165, 1.54) is 31.2 Å². The van der Waals surface area contributed by atoms with Crippen LogP contribution in [0.2, 0.25) is 5.02 Å². The Morgan fingerprint density at radius 1 is 1.18 bits per heavy atom. The Morgan fingerprint density at radius 2 is 1.88 bits per heavy atom. The van der Waals surface area contributed by atoms with Crippen LogP contribution >= 0.6 is 11.6 Å². The summed E-state index contributed by atoms with van der Waals surface area (Å²) in [4.78, 5) is 0. The quantitative estimate of drug-likeness (QED) is 0.785. The Labute approximate surface area is 108 Å². The van der Waals surface area contributed by atoms with Crippen molar-refractivity contribution in [1.82, 2.24) is 5.32 Å². The van der Waals surface area contributed by atoms with Gasteiger partial charge in [-0.15, -0.1) is 0 Å². The summed E-state index contributed by atoms with van der Waals surface area (Å²) in [6.07, 6.45) is 5.42. The molecule has 0 saturated heterocycles. The maximum absolute atomic E-state index is 5.82. The molecule has 0 bridgehead atoms. The van der Waals surface area contributed by atoms with Gasteiger partial charge in [0.15, 0.2) is 0 Å². The first-order valence-electron chi connectivity index (χ1n) is 6.40. The van der Waals surface area contributed by atoms with Crippen LogP contribution in [0.15, 0.2) is 24.3 Å². The third-order valence-corrected chi connectivity index (χ3v) is 3.47. The Hall–Kier alpha value is -0.570. The summed E-state index contributed by atoms with van der Waals surface area (Å²) in [6.45, 7) is 2.40. The normalized spacial score (nSPS) is 16.5. The second-order valence-electron chi connectivity index (χ2n) is 4.61. The lowest BCUT2D eigenvalue weighted by Crippen LogP contribution is -2.29. The van der Waals surface area contributed by atoms with Gasteiger partial charge in [-0.1, -0.05) is 36.6 Å². The molecule has 1 aromatic carbocycles. The molecule has 0 aromatic heterocycles. The first kappa shape index (κ1) is 12.9. The number of hydrogen-bond acceptors (Lipinski definition) is 2. The molecule has 17 heavy (non-hydrogen) atoms. The zero-order valence-electron chi connectivity index (χ0n) is 10.1. The van der Waals surface area contributed by atoms with Crippen molar-refractivity contribution in [2.24, 2.45) is 0 Å². The number of hydrogen-bond donors (Lipinski definition) is 1. The van der Waals surface area contributed by atoms with Crippen molar-refractivity contribution in [3.8, 4) is 0 Å². The molecule has 0 heterocycles. The molecule has 0 spiro atoms. The molecule has 1 N–H and O–H groups in total. The number of ether oxygens (including phenoxy) is 1. The van der Waals surface area contributed by atoms with Crippen LogP contribution in [0.25, 0.3) is 0 Å². The summed E-state index contributed by atoms with van der Waals surface area (Å²) in [5.41, 5.74) is 1.18. The SMILES string of the molecule is Clc1ccc(COCCNC2CCCC2)cc1. The average Bonchev–Trinajstić information content (AvgIpc) is 2.84. The number of nitrogens with one attached hydrogen (secondary N) is 1. The lowest BCUT2D eigenvalue weighted by atomic mass is 10.2. The smallest absolute Gasteiger partial charge is 0.0717 e. The fourth-order valence-corrected chi connectivity index (χ4v) is 2.36. The van der Waals surface area contributed by atoms with Crippen LogP contribution in [0.4, 0.5) is 0 Å². The van der Waals surface area contributed by atoms with Crippen LogP contribution in [0.5, 0.6) is 0 Å². The maximum atomic E-state index is 5.82. The van der Waals surface area contributed by atoms with E-state index in [1.807, 2.05) is 24.3 Å². The molecule has 2 nitrogen and oxygen atoms in total. The van der Waals surface area contributed by atoms with Gasteiger partial charge in [0.2, 0.25) is 0 Å². The van der Waals surface area contributed by atoms with E-state index >= 15 is 0 Å². The zero-order chi connectivity index (χ0) is 11.9. The van der Waals surface area contributed by atoms with Gasteiger partial charge in [-0.25, -0.2) is 0 Å². The molecular weight excluding hydrogens is 234 g/mol. The molecule has 3 heteroatoms. The van der Waals surface area contributed by atoms with E-state index in [0.717, 1.165) is 24.2 Å². The standard InChI is InChI=1S/C14H20ClNO/c15-13-7-5-12(6-8-13)11-17-10-9-16-14-3-1-2-4-14/h5-8,14,16H,1-4,9-11H2. The first-order valence-corrected chi connectivity index (χ1v) is 6.78. The topological polar surface area (TPSA) is 21.3 Å². The fraction of sp³-hybridized carbons (Fsp3) is 0.571. The van der Waals surface area contributed by atoms with Gasteiger partial charge in [-0.3, -0.25) is 0 Å². The van der Waals surface area contributed by atoms with Gasteiger partial charge in [-0.05, 0) is 30.5 Å². The molecule has 0 atom stereocenters. The second kappa shape index (κ2) is 7.00. The lowest BCUT2D eigenvalue weighted by molar-refractivity contribution is 0.121. The molecule has 1 aliphatic carbocycles. The van der Waals surface area contributed by atoms with Gasteiger partial charge < -0.3 is 10.1 Å². The molecule has 2 rings (SSSR count). The highest BCUT2D eigenvalue weighted by Crippen LogP contribution is 2.17. The Balaban J connectivity index is 1.55. The van der Waals surface area contributed by atoms with Crippen molar-refractivity contribution < 1.29 is 4.74 Å². The molecule has 1 fully saturated rings. The Kier molecular flexibility index (Phi) is 5.30. The summed E-state index contributed by atoms with van der Waals surface area (Å²) in [5.74, 6) is 0. The molecule has 1 aliphatic rings. The lowest BCUT2D eigenvalue weighted by Gasteiger charge is -2.11. The second-order valence-corrected chi connectivity index (χ2v) is 5.05. The van der Waals surface area contributed by atoms with Crippen molar-refractivity contribution >= 4 is 11.6 Å². The largest absolute Gasteiger partial charge is 0.375 e. The van der Waals surface area contributed by atoms with Gasteiger partial charge in [0.1, 0.15) is 0 Å². The Morgan fingerprint density at radius 3 is 2.59 bits per heavy atom. The minimum atomic E-state index is 0.670. The minimum absolute atomic E-state index is 0.670. The molecule has 94 valence electrons. The number of halogens is 1. The highest BCUT2D eigenvalue weighted by molar-refractivity contribution is 6.30. The van der Waals surface area contributed by atoms with Crippen LogP contribution in [-0.4, -0.2) is 19.2 Å². The van der Waals surface area contributed by atoms with E-state index in [1.54, 1.807) is 0 Å². The molecule has 1 aromatic rings. The van der Waals surface area contributed by atoms with Crippen molar-refractivity contribution in [2.75, 3.05) is 13.2 Å². The van der Waals surface area contributed by atoms with Crippen molar-refractivity contribution in [3.63, 3.8) is 0 Å². The summed E-state index contributed by atoms with van der Waals surface area (Å²) in [5, 5.41) is 4.31. The number of rotatable bonds is 6. The van der Waals surface area contributed by atoms with Gasteiger partial charge in [0.05, 0.1) is 13.2 Å². The predicted octanol–water partition coefficient (Wildman–Crippen LogP) is 3.39. The third kappa shape index (κ3) is 4.66. The van der Waals surface area contributed by atoms with Crippen molar-refractivity contribution in [3.05, 3.63) is 34.9 Å². The van der Waals surface area contributed by atoms with Crippen molar-refractivity contribution in [1.29, 1.82) is 0 Å². The molecule has 0 aliphatic heterocycles. The van der Waals surface area contributed by atoms with E-state index in [-0.39, 0.29) is 0 Å².